The first kappa shape index (κ1) is 13.6. The summed E-state index contributed by atoms with van der Waals surface area (Å²) in [4.78, 5) is 0. The molecule has 0 aromatic rings. The van der Waals surface area contributed by atoms with Gasteiger partial charge in [0.1, 0.15) is 0 Å². The van der Waals surface area contributed by atoms with Crippen LogP contribution in [0.3, 0.4) is 0 Å². The Labute approximate surface area is 124 Å². The van der Waals surface area contributed by atoms with E-state index in [4.69, 9.17) is 0 Å². The molecule has 4 saturated carbocycles. The molecule has 0 spiro atoms. The number of fused-ring (bicyclic) bond motifs is 5. The second-order valence-corrected chi connectivity index (χ2v) is 9.05. The fourth-order valence-corrected chi connectivity index (χ4v) is 7.25. The summed E-state index contributed by atoms with van der Waals surface area (Å²) in [6.45, 7) is 5.00. The Morgan fingerprint density at radius 2 is 1.60 bits per heavy atom. The molecule has 0 bridgehead atoms. The van der Waals surface area contributed by atoms with E-state index in [2.05, 4.69) is 13.8 Å². The van der Waals surface area contributed by atoms with E-state index in [-0.39, 0.29) is 11.5 Å². The van der Waals surface area contributed by atoms with E-state index in [0.717, 1.165) is 30.1 Å². The first-order valence-electron chi connectivity index (χ1n) is 9.24. The van der Waals surface area contributed by atoms with E-state index < -0.39 is 0 Å². The summed E-state index contributed by atoms with van der Waals surface area (Å²) < 4.78 is 0. The Morgan fingerprint density at radius 1 is 0.800 bits per heavy atom. The van der Waals surface area contributed by atoms with Crippen molar-refractivity contribution in [3.8, 4) is 0 Å². The Bertz CT molecular complexity index is 391. The summed E-state index contributed by atoms with van der Waals surface area (Å²) in [5.74, 6) is 3.56. The highest BCUT2D eigenvalue weighted by Crippen LogP contribution is 2.66. The third kappa shape index (κ3) is 1.65. The first-order chi connectivity index (χ1) is 9.56. The molecule has 4 fully saturated rings. The highest BCUT2D eigenvalue weighted by Gasteiger charge is 2.60. The van der Waals surface area contributed by atoms with Crippen molar-refractivity contribution < 1.29 is 5.11 Å². The van der Waals surface area contributed by atoms with Crippen LogP contribution in [0, 0.1) is 34.5 Å². The van der Waals surface area contributed by atoms with Crippen molar-refractivity contribution in [1.82, 2.24) is 0 Å². The molecule has 0 aromatic heterocycles. The van der Waals surface area contributed by atoms with Gasteiger partial charge in [0.05, 0.1) is 6.10 Å². The normalized spacial score (nSPS) is 58.6. The molecule has 114 valence electrons. The number of hydrogen-bond donors (Lipinski definition) is 1. The predicted octanol–water partition coefficient (Wildman–Crippen LogP) is 4.78. The molecule has 0 amide bonds. The van der Waals surface area contributed by atoms with Gasteiger partial charge in [0.25, 0.3) is 0 Å². The van der Waals surface area contributed by atoms with Crippen LogP contribution >= 0.6 is 0 Å². The van der Waals surface area contributed by atoms with Gasteiger partial charge in [0.15, 0.2) is 0 Å². The first-order valence-corrected chi connectivity index (χ1v) is 9.24. The average molecular weight is 276 g/mol. The summed E-state index contributed by atoms with van der Waals surface area (Å²) in [5, 5.41) is 10.9. The third-order valence-electron chi connectivity index (χ3n) is 8.50. The maximum Gasteiger partial charge on any atom is 0.0599 e. The SMILES string of the molecule is C[C@]12CCCC[C@@H]1CCC1C2C[C@H](O)[C@]2(C)CCCC12. The Morgan fingerprint density at radius 3 is 2.45 bits per heavy atom. The van der Waals surface area contributed by atoms with Crippen LogP contribution < -0.4 is 0 Å². The summed E-state index contributed by atoms with van der Waals surface area (Å²) in [6, 6.07) is 0. The molecule has 7 atom stereocenters. The Kier molecular flexibility index (Phi) is 3.05. The molecular weight excluding hydrogens is 244 g/mol. The minimum Gasteiger partial charge on any atom is -0.393 e. The number of hydrogen-bond acceptors (Lipinski definition) is 1. The fourth-order valence-electron chi connectivity index (χ4n) is 7.25. The fraction of sp³-hybridized carbons (Fsp3) is 1.00. The monoisotopic (exact) mass is 276 g/mol. The van der Waals surface area contributed by atoms with Gasteiger partial charge < -0.3 is 5.11 Å². The van der Waals surface area contributed by atoms with Crippen LogP contribution in [0.25, 0.3) is 0 Å². The van der Waals surface area contributed by atoms with Crippen LogP contribution in [-0.2, 0) is 0 Å². The van der Waals surface area contributed by atoms with Crippen LogP contribution in [-0.4, -0.2) is 11.2 Å². The lowest BCUT2D eigenvalue weighted by Crippen LogP contribution is -2.56. The third-order valence-corrected chi connectivity index (χ3v) is 8.50. The van der Waals surface area contributed by atoms with Gasteiger partial charge in [-0.3, -0.25) is 0 Å². The largest absolute Gasteiger partial charge is 0.393 e. The molecule has 3 unspecified atom stereocenters. The summed E-state index contributed by atoms with van der Waals surface area (Å²) in [7, 11) is 0. The topological polar surface area (TPSA) is 20.2 Å². The zero-order valence-corrected chi connectivity index (χ0v) is 13.4. The Hall–Kier alpha value is -0.0400. The number of rotatable bonds is 0. The lowest BCUT2D eigenvalue weighted by Gasteiger charge is -2.61. The van der Waals surface area contributed by atoms with E-state index in [1.54, 1.807) is 0 Å². The highest BCUT2D eigenvalue weighted by molar-refractivity contribution is 5.09. The van der Waals surface area contributed by atoms with Gasteiger partial charge in [0.2, 0.25) is 0 Å². The number of aliphatic hydroxyl groups excluding tert-OH is 1. The summed E-state index contributed by atoms with van der Waals surface area (Å²) >= 11 is 0. The van der Waals surface area contributed by atoms with Crippen molar-refractivity contribution in [2.24, 2.45) is 34.5 Å². The lowest BCUT2D eigenvalue weighted by molar-refractivity contribution is -0.152. The minimum atomic E-state index is -0.0197. The van der Waals surface area contributed by atoms with Gasteiger partial charge in [0, 0.05) is 0 Å². The number of aliphatic hydroxyl groups is 1. The molecule has 1 heteroatoms. The maximum absolute atomic E-state index is 10.9. The van der Waals surface area contributed by atoms with Crippen molar-refractivity contribution in [3.05, 3.63) is 0 Å². The van der Waals surface area contributed by atoms with Crippen LogP contribution in [0.1, 0.15) is 78.1 Å². The zero-order chi connectivity index (χ0) is 14.0. The Balaban J connectivity index is 1.68. The van der Waals surface area contributed by atoms with Crippen molar-refractivity contribution >= 4 is 0 Å². The highest BCUT2D eigenvalue weighted by atomic mass is 16.3. The molecule has 1 N–H and O–H groups in total. The maximum atomic E-state index is 10.9. The van der Waals surface area contributed by atoms with Gasteiger partial charge in [-0.1, -0.05) is 33.1 Å². The molecule has 0 saturated heterocycles. The quantitative estimate of drug-likeness (QED) is 0.675. The molecule has 4 rings (SSSR count). The van der Waals surface area contributed by atoms with E-state index in [0.29, 0.717) is 5.41 Å². The zero-order valence-electron chi connectivity index (χ0n) is 13.4. The second-order valence-electron chi connectivity index (χ2n) is 9.05. The van der Waals surface area contributed by atoms with Gasteiger partial charge in [-0.15, -0.1) is 0 Å². The van der Waals surface area contributed by atoms with Crippen LogP contribution in [0.4, 0.5) is 0 Å². The standard InChI is InChI=1S/C19H32O/c1-18-10-4-3-6-13(18)8-9-14-15-7-5-11-19(15,2)17(20)12-16(14)18/h13-17,20H,3-12H2,1-2H3/t13-,14?,15?,16?,17+,18+,19-/m1/s1. The lowest BCUT2D eigenvalue weighted by atomic mass is 9.45. The van der Waals surface area contributed by atoms with Crippen LogP contribution in [0.5, 0.6) is 0 Å². The van der Waals surface area contributed by atoms with E-state index in [1.807, 2.05) is 0 Å². The van der Waals surface area contributed by atoms with E-state index >= 15 is 0 Å². The molecule has 4 aliphatic carbocycles. The van der Waals surface area contributed by atoms with Crippen molar-refractivity contribution in [3.63, 3.8) is 0 Å². The second kappa shape index (κ2) is 4.48. The van der Waals surface area contributed by atoms with E-state index in [9.17, 15) is 5.11 Å². The molecule has 0 heterocycles. The summed E-state index contributed by atoms with van der Waals surface area (Å²) in [5.41, 5.74) is 0.825. The molecule has 0 radical (unpaired) electrons. The van der Waals surface area contributed by atoms with Crippen molar-refractivity contribution in [2.75, 3.05) is 0 Å². The van der Waals surface area contributed by atoms with Gasteiger partial charge in [-0.2, -0.15) is 0 Å². The smallest absolute Gasteiger partial charge is 0.0599 e. The van der Waals surface area contributed by atoms with Gasteiger partial charge in [-0.25, -0.2) is 0 Å². The van der Waals surface area contributed by atoms with Crippen molar-refractivity contribution in [1.29, 1.82) is 0 Å². The average Bonchev–Trinajstić information content (AvgIpc) is 2.83. The summed E-state index contributed by atoms with van der Waals surface area (Å²) in [6.07, 6.45) is 13.9. The van der Waals surface area contributed by atoms with E-state index in [1.165, 1.54) is 57.8 Å². The predicted molar refractivity (Wildman–Crippen MR) is 82.4 cm³/mol. The van der Waals surface area contributed by atoms with Gasteiger partial charge in [-0.05, 0) is 79.4 Å². The minimum absolute atomic E-state index is 0.0197. The molecule has 20 heavy (non-hydrogen) atoms. The van der Waals surface area contributed by atoms with Gasteiger partial charge >= 0.3 is 0 Å². The molecule has 4 aliphatic rings. The molecule has 1 nitrogen and oxygen atoms in total. The molecule has 0 aliphatic heterocycles. The van der Waals surface area contributed by atoms with Crippen molar-refractivity contribution in [2.45, 2.75) is 84.2 Å². The van der Waals surface area contributed by atoms with Crippen LogP contribution in [0.15, 0.2) is 0 Å². The molecular formula is C19H32O. The molecule has 0 aromatic carbocycles. The van der Waals surface area contributed by atoms with Crippen LogP contribution in [0.2, 0.25) is 0 Å².